The molecular formula is C27H27F4N7O3. The summed E-state index contributed by atoms with van der Waals surface area (Å²) in [4.78, 5) is 10.9. The quantitative estimate of drug-likeness (QED) is 0.116. The van der Waals surface area contributed by atoms with Crippen molar-refractivity contribution in [2.24, 2.45) is 5.73 Å². The Morgan fingerprint density at radius 3 is 2.49 bits per heavy atom. The predicted molar refractivity (Wildman–Crippen MR) is 142 cm³/mol. The Morgan fingerprint density at radius 2 is 1.85 bits per heavy atom. The van der Waals surface area contributed by atoms with E-state index in [-0.39, 0.29) is 30.2 Å². The number of rotatable bonds is 13. The number of benzene rings is 1. The summed E-state index contributed by atoms with van der Waals surface area (Å²) >= 11 is 0. The number of H-pyrrole nitrogens is 1. The summed E-state index contributed by atoms with van der Waals surface area (Å²) in [6.45, 7) is 5.38. The van der Waals surface area contributed by atoms with Crippen LogP contribution in [0.4, 0.5) is 35.0 Å². The third-order valence-electron chi connectivity index (χ3n) is 5.61. The van der Waals surface area contributed by atoms with Crippen LogP contribution in [0.3, 0.4) is 0 Å². The van der Waals surface area contributed by atoms with E-state index in [1.165, 1.54) is 12.1 Å². The lowest BCUT2D eigenvalue weighted by Gasteiger charge is -2.23. The molecule has 4 aromatic rings. The number of aromatic nitrogens is 4. The Morgan fingerprint density at radius 1 is 1.10 bits per heavy atom. The van der Waals surface area contributed by atoms with Crippen LogP contribution in [0.25, 0.3) is 0 Å². The zero-order valence-corrected chi connectivity index (χ0v) is 22.2. The molecule has 10 nitrogen and oxygen atoms in total. The number of halogens is 4. The first kappa shape index (κ1) is 29.2. The molecule has 0 aliphatic rings. The minimum absolute atomic E-state index is 0.0115. The van der Waals surface area contributed by atoms with Gasteiger partial charge in [-0.05, 0) is 25.5 Å². The van der Waals surface area contributed by atoms with Crippen LogP contribution >= 0.6 is 0 Å². The number of hydrogen-bond donors (Lipinski definition) is 3. The van der Waals surface area contributed by atoms with Crippen molar-refractivity contribution in [3.05, 3.63) is 70.8 Å². The average Bonchev–Trinajstić information content (AvgIpc) is 3.59. The van der Waals surface area contributed by atoms with Gasteiger partial charge in [-0.2, -0.15) is 23.8 Å². The number of aromatic amines is 1. The van der Waals surface area contributed by atoms with E-state index < -0.39 is 35.1 Å². The summed E-state index contributed by atoms with van der Waals surface area (Å²) in [5.74, 6) is -4.18. The molecule has 1 unspecified atom stereocenters. The van der Waals surface area contributed by atoms with Crippen LogP contribution in [0.2, 0.25) is 0 Å². The van der Waals surface area contributed by atoms with E-state index in [9.17, 15) is 17.6 Å². The smallest absolute Gasteiger partial charge is 0.320 e. The van der Waals surface area contributed by atoms with Crippen LogP contribution in [-0.2, 0) is 6.61 Å². The fourth-order valence-electron chi connectivity index (χ4n) is 3.78. The number of furan rings is 1. The molecule has 0 fully saturated rings. The normalized spacial score (nSPS) is 11.7. The van der Waals surface area contributed by atoms with Gasteiger partial charge < -0.3 is 29.8 Å². The standard InChI is InChI=1S/C27H27F4N7O3/c1-4-9-38(10-8-32)23-13-21(33-22-11-15(3)36-37-22)34-27(35-23)39-14-16-6-7-20(40-16)19(5-2)41-26-24(30)17(28)12-18(29)25(26)31/h2,6-7,11-13,19H,4,8-10,14,32H2,1,3H3,(H2,33,34,35,36,37). The first-order valence-electron chi connectivity index (χ1n) is 12.5. The summed E-state index contributed by atoms with van der Waals surface area (Å²) < 4.78 is 71.7. The fourth-order valence-corrected chi connectivity index (χ4v) is 3.78. The molecule has 0 saturated carbocycles. The molecule has 41 heavy (non-hydrogen) atoms. The Bertz CT molecular complexity index is 1500. The SMILES string of the molecule is C#CC(Oc1c(F)c(F)cc(F)c1F)c1ccc(COc2nc(Nc3cc(C)[nH]n3)cc(N(CCC)CCN)n2)o1. The van der Waals surface area contributed by atoms with E-state index in [1.54, 1.807) is 12.1 Å². The molecule has 0 aliphatic heterocycles. The highest BCUT2D eigenvalue weighted by Gasteiger charge is 2.25. The first-order valence-corrected chi connectivity index (χ1v) is 12.5. The van der Waals surface area contributed by atoms with Crippen molar-refractivity contribution in [3.63, 3.8) is 0 Å². The van der Waals surface area contributed by atoms with Crippen LogP contribution in [0.15, 0.2) is 34.7 Å². The molecule has 4 N–H and O–H groups in total. The van der Waals surface area contributed by atoms with E-state index in [1.807, 2.05) is 18.7 Å². The number of nitrogens with one attached hydrogen (secondary N) is 2. The highest BCUT2D eigenvalue weighted by Crippen LogP contribution is 2.31. The lowest BCUT2D eigenvalue weighted by Crippen LogP contribution is -2.31. The lowest BCUT2D eigenvalue weighted by atomic mass is 10.2. The highest BCUT2D eigenvalue weighted by atomic mass is 19.2. The van der Waals surface area contributed by atoms with Gasteiger partial charge in [0.05, 0.1) is 0 Å². The molecule has 3 heterocycles. The minimum atomic E-state index is -1.72. The van der Waals surface area contributed by atoms with Crippen LogP contribution in [-0.4, -0.2) is 39.8 Å². The van der Waals surface area contributed by atoms with Gasteiger partial charge in [0, 0.05) is 43.5 Å². The van der Waals surface area contributed by atoms with E-state index in [0.29, 0.717) is 37.1 Å². The lowest BCUT2D eigenvalue weighted by molar-refractivity contribution is 0.192. The van der Waals surface area contributed by atoms with E-state index >= 15 is 0 Å². The number of aryl methyl sites for hydroxylation is 1. The van der Waals surface area contributed by atoms with Gasteiger partial charge in [-0.25, -0.2) is 8.78 Å². The zero-order chi connectivity index (χ0) is 29.5. The third-order valence-corrected chi connectivity index (χ3v) is 5.61. The van der Waals surface area contributed by atoms with Crippen molar-refractivity contribution in [1.29, 1.82) is 0 Å². The van der Waals surface area contributed by atoms with Crippen molar-refractivity contribution in [3.8, 4) is 24.1 Å². The first-order chi connectivity index (χ1) is 19.7. The summed E-state index contributed by atoms with van der Waals surface area (Å²) in [7, 11) is 0. The van der Waals surface area contributed by atoms with Crippen molar-refractivity contribution in [1.82, 2.24) is 20.2 Å². The Balaban J connectivity index is 1.53. The second-order valence-corrected chi connectivity index (χ2v) is 8.79. The molecule has 14 heteroatoms. The number of anilines is 3. The van der Waals surface area contributed by atoms with Crippen LogP contribution < -0.4 is 25.4 Å². The van der Waals surface area contributed by atoms with Crippen LogP contribution in [0.1, 0.15) is 36.7 Å². The highest BCUT2D eigenvalue weighted by molar-refractivity contribution is 5.57. The predicted octanol–water partition coefficient (Wildman–Crippen LogP) is 4.91. The Hall–Kier alpha value is -4.77. The molecular weight excluding hydrogens is 546 g/mol. The van der Waals surface area contributed by atoms with E-state index in [0.717, 1.165) is 12.1 Å². The second kappa shape index (κ2) is 13.1. The summed E-state index contributed by atoms with van der Waals surface area (Å²) in [6.07, 6.45) is 4.79. The molecule has 0 radical (unpaired) electrons. The molecule has 1 aromatic carbocycles. The topological polar surface area (TPSA) is 127 Å². The molecule has 0 saturated heterocycles. The van der Waals surface area contributed by atoms with Crippen molar-refractivity contribution >= 4 is 17.5 Å². The molecule has 0 spiro atoms. The number of ether oxygens (including phenoxy) is 2. The monoisotopic (exact) mass is 573 g/mol. The maximum absolute atomic E-state index is 14.1. The third kappa shape index (κ3) is 7.06. The van der Waals surface area contributed by atoms with Gasteiger partial charge in [0.25, 0.3) is 0 Å². The number of nitrogens with two attached hydrogens (primary N) is 1. The van der Waals surface area contributed by atoms with Crippen LogP contribution in [0.5, 0.6) is 11.8 Å². The van der Waals surface area contributed by atoms with Gasteiger partial charge in [-0.3, -0.25) is 5.10 Å². The van der Waals surface area contributed by atoms with Gasteiger partial charge in [-0.1, -0.05) is 12.8 Å². The van der Waals surface area contributed by atoms with Crippen molar-refractivity contribution in [2.75, 3.05) is 29.9 Å². The van der Waals surface area contributed by atoms with Gasteiger partial charge in [0.15, 0.2) is 29.0 Å². The molecule has 1 atom stereocenters. The van der Waals surface area contributed by atoms with Crippen LogP contribution in [0, 0.1) is 42.5 Å². The summed E-state index contributed by atoms with van der Waals surface area (Å²) in [6, 6.07) is 6.48. The summed E-state index contributed by atoms with van der Waals surface area (Å²) in [5.41, 5.74) is 6.64. The maximum atomic E-state index is 14.1. The number of hydrogen-bond acceptors (Lipinski definition) is 9. The zero-order valence-electron chi connectivity index (χ0n) is 22.2. The summed E-state index contributed by atoms with van der Waals surface area (Å²) in [5, 5.41) is 10.1. The molecule has 216 valence electrons. The van der Waals surface area contributed by atoms with Gasteiger partial charge in [0.2, 0.25) is 17.7 Å². The van der Waals surface area contributed by atoms with E-state index in [2.05, 4.69) is 31.4 Å². The second-order valence-electron chi connectivity index (χ2n) is 8.79. The fraction of sp³-hybridized carbons (Fsp3) is 0.296. The van der Waals surface area contributed by atoms with Gasteiger partial charge in [-0.15, -0.1) is 6.42 Å². The largest absolute Gasteiger partial charge is 0.463 e. The number of nitrogens with zero attached hydrogens (tertiary/aromatic N) is 4. The number of terminal acetylenes is 1. The molecule has 0 aliphatic carbocycles. The maximum Gasteiger partial charge on any atom is 0.320 e. The molecule has 0 bridgehead atoms. The molecule has 3 aromatic heterocycles. The van der Waals surface area contributed by atoms with Crippen molar-refractivity contribution in [2.45, 2.75) is 33.0 Å². The van der Waals surface area contributed by atoms with Crippen molar-refractivity contribution < 1.29 is 31.5 Å². The average molecular weight is 574 g/mol. The minimum Gasteiger partial charge on any atom is -0.463 e. The Labute approximate surface area is 232 Å². The van der Waals surface area contributed by atoms with Gasteiger partial charge in [0.1, 0.15) is 24.0 Å². The van der Waals surface area contributed by atoms with E-state index in [4.69, 9.17) is 26.0 Å². The molecule has 4 rings (SSSR count). The Kier molecular flexibility index (Phi) is 9.30. The van der Waals surface area contributed by atoms with Gasteiger partial charge >= 0.3 is 6.01 Å². The molecule has 0 amide bonds.